The first-order valence-corrected chi connectivity index (χ1v) is 12.8. The summed E-state index contributed by atoms with van der Waals surface area (Å²) in [4.78, 5) is 0. The Hall–Kier alpha value is -2.08. The lowest BCUT2D eigenvalue weighted by molar-refractivity contribution is 0.293. The van der Waals surface area contributed by atoms with Gasteiger partial charge >= 0.3 is 0 Å². The minimum absolute atomic E-state index is 0.0312. The maximum Gasteiger partial charge on any atom is 0.261 e. The molecular weight excluding hydrogens is 368 g/mol. The van der Waals surface area contributed by atoms with Crippen LogP contribution < -0.4 is 10.4 Å². The van der Waals surface area contributed by atoms with E-state index >= 15 is 0 Å². The van der Waals surface area contributed by atoms with E-state index in [1.165, 1.54) is 23.2 Å². The molecule has 2 aromatic carbocycles. The first-order chi connectivity index (χ1) is 14.0. The van der Waals surface area contributed by atoms with Gasteiger partial charge in [0.05, 0.1) is 0 Å². The molecule has 0 radical (unpaired) electrons. The molecule has 0 unspecified atom stereocenters. The smallest absolute Gasteiger partial charge is 0.261 e. The predicted octanol–water partition coefficient (Wildman–Crippen LogP) is 6.09. The van der Waals surface area contributed by atoms with Crippen LogP contribution in [0.2, 0.25) is 5.04 Å². The molecule has 0 heterocycles. The summed E-state index contributed by atoms with van der Waals surface area (Å²) in [6, 6.07) is 21.7. The van der Waals surface area contributed by atoms with Crippen molar-refractivity contribution in [3.63, 3.8) is 0 Å². The number of allylic oxidation sites excluding steroid dienone is 2. The van der Waals surface area contributed by atoms with Crippen LogP contribution in [-0.4, -0.2) is 14.9 Å². The fourth-order valence-electron chi connectivity index (χ4n) is 3.74. The van der Waals surface area contributed by atoms with Gasteiger partial charge in [-0.1, -0.05) is 119 Å². The number of hydrogen-bond donors (Lipinski definition) is 0. The number of hydrogen-bond acceptors (Lipinski definition) is 1. The van der Waals surface area contributed by atoms with E-state index in [9.17, 15) is 0 Å². The van der Waals surface area contributed by atoms with E-state index in [0.29, 0.717) is 0 Å². The zero-order valence-corrected chi connectivity index (χ0v) is 19.6. The summed E-state index contributed by atoms with van der Waals surface area (Å²) >= 11 is 0. The summed E-state index contributed by atoms with van der Waals surface area (Å²) < 4.78 is 6.88. The Morgan fingerprint density at radius 1 is 0.897 bits per heavy atom. The summed E-state index contributed by atoms with van der Waals surface area (Å²) in [7, 11) is -2.40. The van der Waals surface area contributed by atoms with Crippen molar-refractivity contribution in [2.75, 3.05) is 6.61 Å². The van der Waals surface area contributed by atoms with Gasteiger partial charge in [0.25, 0.3) is 8.32 Å². The first kappa shape index (κ1) is 23.2. The maximum absolute atomic E-state index is 6.88. The average molecular weight is 405 g/mol. The fourth-order valence-corrected chi connectivity index (χ4v) is 8.35. The Balaban J connectivity index is 2.14. The molecule has 2 heteroatoms. The van der Waals surface area contributed by atoms with Crippen LogP contribution in [0, 0.1) is 11.8 Å². The third-order valence-corrected chi connectivity index (χ3v) is 10.3. The van der Waals surface area contributed by atoms with Gasteiger partial charge in [-0.15, -0.1) is 0 Å². The number of benzene rings is 2. The van der Waals surface area contributed by atoms with Crippen LogP contribution in [0.15, 0.2) is 72.8 Å². The molecule has 0 bridgehead atoms. The summed E-state index contributed by atoms with van der Waals surface area (Å²) in [5.41, 5.74) is 0. The first-order valence-electron chi connectivity index (χ1n) is 10.9. The third kappa shape index (κ3) is 6.46. The standard InChI is InChI=1S/C27H36OSi/c1-5-6-7-8-9-10-11-12-19-24-28-29(27(2,3)4,25-20-15-13-16-21-25)26-22-17-14-18-23-26/h8-9,13-18,20-23H,5-7,12,19,24H2,1-4H3/b9-8+. The highest BCUT2D eigenvalue weighted by Crippen LogP contribution is 2.36. The average Bonchev–Trinajstić information content (AvgIpc) is 2.72. The van der Waals surface area contributed by atoms with Crippen molar-refractivity contribution in [2.45, 2.75) is 64.8 Å². The summed E-state index contributed by atoms with van der Waals surface area (Å²) in [6.07, 6.45) is 9.61. The van der Waals surface area contributed by atoms with Gasteiger partial charge in [0.1, 0.15) is 0 Å². The number of rotatable bonds is 9. The molecular formula is C27H36OSi. The predicted molar refractivity (Wildman–Crippen MR) is 129 cm³/mol. The highest BCUT2D eigenvalue weighted by Gasteiger charge is 2.49. The van der Waals surface area contributed by atoms with E-state index in [-0.39, 0.29) is 5.04 Å². The molecule has 0 spiro atoms. The van der Waals surface area contributed by atoms with Crippen molar-refractivity contribution in [3.05, 3.63) is 72.8 Å². The molecule has 0 atom stereocenters. The summed E-state index contributed by atoms with van der Waals surface area (Å²) in [5, 5.41) is 2.70. The molecule has 0 aromatic heterocycles. The highest BCUT2D eigenvalue weighted by molar-refractivity contribution is 6.99. The molecule has 154 valence electrons. The lowest BCUT2D eigenvalue weighted by Gasteiger charge is -2.43. The lowest BCUT2D eigenvalue weighted by atomic mass is 10.2. The van der Waals surface area contributed by atoms with E-state index in [2.05, 4.69) is 106 Å². The van der Waals surface area contributed by atoms with Gasteiger partial charge in [-0.3, -0.25) is 0 Å². The minimum atomic E-state index is -2.40. The van der Waals surface area contributed by atoms with Crippen molar-refractivity contribution in [3.8, 4) is 11.8 Å². The van der Waals surface area contributed by atoms with Crippen LogP contribution in [0.3, 0.4) is 0 Å². The Morgan fingerprint density at radius 2 is 1.48 bits per heavy atom. The minimum Gasteiger partial charge on any atom is -0.407 e. The van der Waals surface area contributed by atoms with Crippen molar-refractivity contribution < 1.29 is 4.43 Å². The second kappa shape index (κ2) is 11.8. The SMILES string of the molecule is CCCC/C=C/C#CCCCO[Si](c1ccccc1)(c1ccccc1)C(C)(C)C. The third-order valence-electron chi connectivity index (χ3n) is 5.21. The number of unbranched alkanes of at least 4 members (excludes halogenated alkanes) is 3. The van der Waals surface area contributed by atoms with Gasteiger partial charge in [0.15, 0.2) is 0 Å². The van der Waals surface area contributed by atoms with E-state index in [0.717, 1.165) is 25.9 Å². The Morgan fingerprint density at radius 3 is 2.00 bits per heavy atom. The fraction of sp³-hybridized carbons (Fsp3) is 0.407. The van der Waals surface area contributed by atoms with Crippen LogP contribution in [0.1, 0.15) is 59.8 Å². The van der Waals surface area contributed by atoms with Crippen molar-refractivity contribution >= 4 is 18.7 Å². The second-order valence-corrected chi connectivity index (χ2v) is 12.8. The van der Waals surface area contributed by atoms with Gasteiger partial charge in [-0.05, 0) is 34.3 Å². The van der Waals surface area contributed by atoms with Gasteiger partial charge in [0, 0.05) is 13.0 Å². The maximum atomic E-state index is 6.88. The molecule has 0 amide bonds. The highest BCUT2D eigenvalue weighted by atomic mass is 28.4. The van der Waals surface area contributed by atoms with Gasteiger partial charge < -0.3 is 4.43 Å². The molecule has 0 aliphatic rings. The van der Waals surface area contributed by atoms with Gasteiger partial charge in [-0.2, -0.15) is 0 Å². The van der Waals surface area contributed by atoms with Gasteiger partial charge in [-0.25, -0.2) is 0 Å². The van der Waals surface area contributed by atoms with Gasteiger partial charge in [0.2, 0.25) is 0 Å². The largest absolute Gasteiger partial charge is 0.407 e. The molecule has 2 aromatic rings. The van der Waals surface area contributed by atoms with Crippen LogP contribution in [0.5, 0.6) is 0 Å². The van der Waals surface area contributed by atoms with Crippen LogP contribution in [-0.2, 0) is 4.43 Å². The molecule has 0 saturated heterocycles. The molecule has 2 rings (SSSR count). The second-order valence-electron chi connectivity index (χ2n) is 8.48. The zero-order chi connectivity index (χ0) is 21.0. The summed E-state index contributed by atoms with van der Waals surface area (Å²) in [5.74, 6) is 6.43. The topological polar surface area (TPSA) is 9.23 Å². The van der Waals surface area contributed by atoms with Crippen molar-refractivity contribution in [2.24, 2.45) is 0 Å². The molecule has 0 saturated carbocycles. The van der Waals surface area contributed by atoms with Crippen LogP contribution in [0.4, 0.5) is 0 Å². The Kier molecular flexibility index (Phi) is 9.44. The molecule has 0 aliphatic heterocycles. The molecule has 0 fully saturated rings. The van der Waals surface area contributed by atoms with E-state index in [1.807, 2.05) is 6.08 Å². The summed E-state index contributed by atoms with van der Waals surface area (Å²) in [6.45, 7) is 9.91. The molecule has 0 N–H and O–H groups in total. The van der Waals surface area contributed by atoms with Crippen molar-refractivity contribution in [1.29, 1.82) is 0 Å². The monoisotopic (exact) mass is 404 g/mol. The Bertz CT molecular complexity index is 752. The molecule has 29 heavy (non-hydrogen) atoms. The molecule has 1 nitrogen and oxygen atoms in total. The zero-order valence-electron chi connectivity index (χ0n) is 18.6. The van der Waals surface area contributed by atoms with Crippen molar-refractivity contribution in [1.82, 2.24) is 0 Å². The van der Waals surface area contributed by atoms with Crippen LogP contribution in [0.25, 0.3) is 0 Å². The lowest BCUT2D eigenvalue weighted by Crippen LogP contribution is -2.66. The quantitative estimate of drug-likeness (QED) is 0.279. The normalized spacial score (nSPS) is 12.0. The molecule has 0 aliphatic carbocycles. The van der Waals surface area contributed by atoms with E-state index in [4.69, 9.17) is 4.43 Å². The van der Waals surface area contributed by atoms with E-state index in [1.54, 1.807) is 0 Å². The Labute approximate surface area is 179 Å². The van der Waals surface area contributed by atoms with E-state index < -0.39 is 8.32 Å². The van der Waals surface area contributed by atoms with Crippen LogP contribution >= 0.6 is 0 Å².